The molecule has 0 saturated heterocycles. The van der Waals surface area contributed by atoms with Crippen molar-refractivity contribution in [3.05, 3.63) is 53.4 Å². The van der Waals surface area contributed by atoms with Crippen LogP contribution >= 0.6 is 11.3 Å². The van der Waals surface area contributed by atoms with Gasteiger partial charge in [0.1, 0.15) is 10.8 Å². The zero-order valence-electron chi connectivity index (χ0n) is 13.5. The minimum Gasteiger partial charge on any atom is -0.489 e. The van der Waals surface area contributed by atoms with Crippen LogP contribution in [0.15, 0.2) is 48.5 Å². The molecule has 0 aliphatic rings. The second-order valence-corrected chi connectivity index (χ2v) is 6.91. The van der Waals surface area contributed by atoms with E-state index in [-0.39, 0.29) is 6.10 Å². The monoisotopic (exact) mass is 324 g/mol. The summed E-state index contributed by atoms with van der Waals surface area (Å²) in [7, 11) is 0. The summed E-state index contributed by atoms with van der Waals surface area (Å²) in [5.74, 6) is 0.723. The van der Waals surface area contributed by atoms with Crippen LogP contribution < -0.4 is 10.5 Å². The molecule has 1 aromatic heterocycles. The minimum absolute atomic E-state index is 0.106. The van der Waals surface area contributed by atoms with Crippen molar-refractivity contribution in [2.75, 3.05) is 5.73 Å². The number of nitrogen functional groups attached to an aromatic ring is 1. The second-order valence-electron chi connectivity index (χ2n) is 5.71. The Labute approximate surface area is 140 Å². The number of nitrogens with two attached hydrogens (primary N) is 1. The van der Waals surface area contributed by atoms with E-state index in [0.29, 0.717) is 5.69 Å². The third-order valence-electron chi connectivity index (χ3n) is 3.46. The molecule has 4 heteroatoms. The van der Waals surface area contributed by atoms with Gasteiger partial charge in [-0.25, -0.2) is 4.98 Å². The summed E-state index contributed by atoms with van der Waals surface area (Å²) in [5.41, 5.74) is 9.95. The summed E-state index contributed by atoms with van der Waals surface area (Å²) in [6.07, 6.45) is 0.106. The van der Waals surface area contributed by atoms with Gasteiger partial charge in [0, 0.05) is 16.0 Å². The lowest BCUT2D eigenvalue weighted by Crippen LogP contribution is -2.07. The molecule has 3 aromatic rings. The molecule has 3 rings (SSSR count). The highest BCUT2D eigenvalue weighted by molar-refractivity contribution is 7.15. The van der Waals surface area contributed by atoms with Crippen LogP contribution in [0.25, 0.3) is 21.8 Å². The summed E-state index contributed by atoms with van der Waals surface area (Å²) < 4.78 is 5.69. The van der Waals surface area contributed by atoms with E-state index in [1.807, 2.05) is 50.2 Å². The largest absolute Gasteiger partial charge is 0.489 e. The molecule has 0 amide bonds. The highest BCUT2D eigenvalue weighted by atomic mass is 32.1. The summed E-state index contributed by atoms with van der Waals surface area (Å²) in [4.78, 5) is 6.01. The Kier molecular flexibility index (Phi) is 4.35. The molecule has 118 valence electrons. The van der Waals surface area contributed by atoms with Gasteiger partial charge in [0.2, 0.25) is 0 Å². The molecule has 0 saturated carbocycles. The number of nitrogens with zero attached hydrogens (tertiary/aromatic N) is 1. The maximum Gasteiger partial charge on any atom is 0.142 e. The molecule has 0 radical (unpaired) electrons. The molecule has 2 aromatic carbocycles. The zero-order valence-corrected chi connectivity index (χ0v) is 14.4. The third-order valence-corrected chi connectivity index (χ3v) is 4.48. The summed E-state index contributed by atoms with van der Waals surface area (Å²) in [6, 6.07) is 16.1. The number of aromatic nitrogens is 1. The number of benzene rings is 2. The first-order valence-electron chi connectivity index (χ1n) is 7.64. The predicted octanol–water partition coefficient (Wildman–Crippen LogP) is 5.15. The van der Waals surface area contributed by atoms with Crippen LogP contribution in [-0.2, 0) is 0 Å². The van der Waals surface area contributed by atoms with Crippen molar-refractivity contribution < 1.29 is 4.74 Å². The summed E-state index contributed by atoms with van der Waals surface area (Å²) in [5, 5.41) is 0.976. The topological polar surface area (TPSA) is 48.1 Å². The van der Waals surface area contributed by atoms with E-state index in [0.717, 1.165) is 27.6 Å². The van der Waals surface area contributed by atoms with E-state index in [9.17, 15) is 0 Å². The molecule has 23 heavy (non-hydrogen) atoms. The lowest BCUT2D eigenvalue weighted by Gasteiger charge is -2.12. The maximum atomic E-state index is 6.11. The Morgan fingerprint density at radius 3 is 2.43 bits per heavy atom. The predicted molar refractivity (Wildman–Crippen MR) is 97.9 cm³/mol. The first kappa shape index (κ1) is 15.6. The molecular weight excluding hydrogens is 304 g/mol. The van der Waals surface area contributed by atoms with E-state index >= 15 is 0 Å². The van der Waals surface area contributed by atoms with E-state index in [2.05, 4.69) is 19.1 Å². The Morgan fingerprint density at radius 2 is 1.78 bits per heavy atom. The lowest BCUT2D eigenvalue weighted by atomic mass is 10.1. The van der Waals surface area contributed by atoms with Crippen LogP contribution in [0.4, 0.5) is 5.69 Å². The van der Waals surface area contributed by atoms with Gasteiger partial charge in [0.05, 0.1) is 17.5 Å². The van der Waals surface area contributed by atoms with Gasteiger partial charge >= 0.3 is 0 Å². The van der Waals surface area contributed by atoms with Crippen molar-refractivity contribution in [3.63, 3.8) is 0 Å². The number of anilines is 1. The Balaban J connectivity index is 1.95. The van der Waals surface area contributed by atoms with Gasteiger partial charge in [-0.15, -0.1) is 11.3 Å². The summed E-state index contributed by atoms with van der Waals surface area (Å²) in [6.45, 7) is 6.08. The van der Waals surface area contributed by atoms with E-state index in [1.54, 1.807) is 11.3 Å². The van der Waals surface area contributed by atoms with Crippen molar-refractivity contribution in [2.45, 2.75) is 26.9 Å². The van der Waals surface area contributed by atoms with Gasteiger partial charge in [-0.1, -0.05) is 30.3 Å². The van der Waals surface area contributed by atoms with Gasteiger partial charge in [-0.2, -0.15) is 0 Å². The molecule has 3 nitrogen and oxygen atoms in total. The van der Waals surface area contributed by atoms with Crippen molar-refractivity contribution in [2.24, 2.45) is 0 Å². The quantitative estimate of drug-likeness (QED) is 0.675. The first-order chi connectivity index (χ1) is 11.0. The highest BCUT2D eigenvalue weighted by Gasteiger charge is 2.12. The number of hydrogen-bond donors (Lipinski definition) is 1. The van der Waals surface area contributed by atoms with E-state index in [4.69, 9.17) is 15.5 Å². The van der Waals surface area contributed by atoms with Gasteiger partial charge in [0.25, 0.3) is 0 Å². The van der Waals surface area contributed by atoms with Crippen molar-refractivity contribution in [1.29, 1.82) is 0 Å². The van der Waals surface area contributed by atoms with E-state index < -0.39 is 0 Å². The van der Waals surface area contributed by atoms with Crippen LogP contribution in [0.1, 0.15) is 18.7 Å². The van der Waals surface area contributed by atoms with Crippen LogP contribution in [0.3, 0.4) is 0 Å². The lowest BCUT2D eigenvalue weighted by molar-refractivity contribution is 0.244. The zero-order chi connectivity index (χ0) is 16.4. The summed E-state index contributed by atoms with van der Waals surface area (Å²) >= 11 is 1.68. The Bertz CT molecular complexity index is 809. The molecule has 0 bridgehead atoms. The minimum atomic E-state index is 0.106. The highest BCUT2D eigenvalue weighted by Crippen LogP contribution is 2.35. The Hall–Kier alpha value is -2.33. The van der Waals surface area contributed by atoms with Crippen LogP contribution in [0.5, 0.6) is 5.75 Å². The van der Waals surface area contributed by atoms with Gasteiger partial charge in [0.15, 0.2) is 0 Å². The molecule has 0 unspecified atom stereocenters. The number of aryl methyl sites for hydroxylation is 1. The smallest absolute Gasteiger partial charge is 0.142 e. The molecule has 0 fully saturated rings. The molecule has 0 aliphatic heterocycles. The van der Waals surface area contributed by atoms with Crippen LogP contribution in [0.2, 0.25) is 0 Å². The molecule has 0 spiro atoms. The molecule has 2 N–H and O–H groups in total. The average molecular weight is 324 g/mol. The Morgan fingerprint density at radius 1 is 1.04 bits per heavy atom. The van der Waals surface area contributed by atoms with Crippen molar-refractivity contribution in [1.82, 2.24) is 4.98 Å². The van der Waals surface area contributed by atoms with Gasteiger partial charge < -0.3 is 10.5 Å². The normalized spacial score (nSPS) is 11.0. The maximum absolute atomic E-state index is 6.11. The second kappa shape index (κ2) is 6.42. The number of ether oxygens (including phenoxy) is 1. The van der Waals surface area contributed by atoms with Crippen molar-refractivity contribution in [3.8, 4) is 27.6 Å². The fourth-order valence-corrected chi connectivity index (χ4v) is 3.36. The number of rotatable bonds is 4. The number of hydrogen-bond acceptors (Lipinski definition) is 4. The van der Waals surface area contributed by atoms with Crippen LogP contribution in [-0.4, -0.2) is 11.1 Å². The van der Waals surface area contributed by atoms with Crippen molar-refractivity contribution >= 4 is 17.0 Å². The molecular formula is C19H20N2OS. The third kappa shape index (κ3) is 3.37. The fraction of sp³-hybridized carbons (Fsp3) is 0.211. The SMILES string of the molecule is Cc1sc(-c2ccc(OC(C)C)c(N)c2)nc1-c1ccccc1. The standard InChI is InChI=1S/C19H20N2OS/c1-12(2)22-17-10-9-15(11-16(17)20)19-21-18(13(3)23-19)14-7-5-4-6-8-14/h4-12H,20H2,1-3H3. The molecule has 0 atom stereocenters. The van der Waals surface area contributed by atoms with Gasteiger partial charge in [-0.05, 0) is 39.0 Å². The van der Waals surface area contributed by atoms with Crippen LogP contribution in [0, 0.1) is 6.92 Å². The number of thiazole rings is 1. The van der Waals surface area contributed by atoms with E-state index in [1.165, 1.54) is 4.88 Å². The molecule has 0 aliphatic carbocycles. The average Bonchev–Trinajstić information content (AvgIpc) is 2.92. The van der Waals surface area contributed by atoms with Gasteiger partial charge in [-0.3, -0.25) is 0 Å². The molecule has 1 heterocycles. The first-order valence-corrected chi connectivity index (χ1v) is 8.45. The fourth-order valence-electron chi connectivity index (χ4n) is 2.43.